The van der Waals surface area contributed by atoms with Gasteiger partial charge >= 0.3 is 0 Å². The number of aromatic nitrogens is 6. The molecule has 1 aliphatic carbocycles. The summed E-state index contributed by atoms with van der Waals surface area (Å²) >= 11 is 0. The summed E-state index contributed by atoms with van der Waals surface area (Å²) in [5, 5.41) is 6.17. The van der Waals surface area contributed by atoms with E-state index in [2.05, 4.69) is 51.3 Å². The van der Waals surface area contributed by atoms with Gasteiger partial charge in [-0.15, -0.1) is 0 Å². The molecule has 3 aromatic heterocycles. The molecule has 1 saturated heterocycles. The van der Waals surface area contributed by atoms with Gasteiger partial charge in [-0.1, -0.05) is 13.8 Å². The summed E-state index contributed by atoms with van der Waals surface area (Å²) in [6, 6.07) is 0.473. The Labute approximate surface area is 217 Å². The number of hydrogen-bond donors (Lipinski definition) is 2. The second-order valence-electron chi connectivity index (χ2n) is 10.1. The second-order valence-corrected chi connectivity index (χ2v) is 10.1. The van der Waals surface area contributed by atoms with Crippen LogP contribution in [0.2, 0.25) is 0 Å². The highest BCUT2D eigenvalue weighted by Gasteiger charge is 2.36. The van der Waals surface area contributed by atoms with Crippen molar-refractivity contribution in [2.75, 3.05) is 18.4 Å². The molecule has 1 saturated carbocycles. The molecule has 5 rings (SSSR count). The Morgan fingerprint density at radius 1 is 1.14 bits per heavy atom. The van der Waals surface area contributed by atoms with E-state index in [4.69, 9.17) is 4.98 Å². The molecule has 37 heavy (non-hydrogen) atoms. The summed E-state index contributed by atoms with van der Waals surface area (Å²) in [5.74, 6) is 3.31. The normalized spacial score (nSPS) is 17.9. The van der Waals surface area contributed by atoms with E-state index in [1.54, 1.807) is 18.7 Å². The molecule has 2 amide bonds. The molecule has 2 fully saturated rings. The van der Waals surface area contributed by atoms with Gasteiger partial charge in [0.2, 0.25) is 12.3 Å². The summed E-state index contributed by atoms with van der Waals surface area (Å²) in [6.45, 7) is 12.3. The van der Waals surface area contributed by atoms with Crippen molar-refractivity contribution in [2.45, 2.75) is 72.5 Å². The van der Waals surface area contributed by atoms with E-state index < -0.39 is 0 Å². The van der Waals surface area contributed by atoms with Crippen molar-refractivity contribution in [1.82, 2.24) is 39.7 Å². The van der Waals surface area contributed by atoms with Crippen molar-refractivity contribution < 1.29 is 9.59 Å². The molecule has 4 heterocycles. The molecule has 0 spiro atoms. The Balaban J connectivity index is 0.000000349. The van der Waals surface area contributed by atoms with E-state index >= 15 is 0 Å². The zero-order valence-electron chi connectivity index (χ0n) is 22.3. The highest BCUT2D eigenvalue weighted by atomic mass is 16.2. The minimum absolute atomic E-state index is 0.175. The topological polar surface area (TPSA) is 131 Å². The van der Waals surface area contributed by atoms with Crippen molar-refractivity contribution in [3.8, 4) is 11.4 Å². The number of amides is 2. The maximum Gasteiger partial charge on any atom is 0.225 e. The van der Waals surface area contributed by atoms with Crippen LogP contribution in [0.1, 0.15) is 52.8 Å². The zero-order chi connectivity index (χ0) is 26.5. The lowest BCUT2D eigenvalue weighted by Crippen LogP contribution is -2.32. The third-order valence-electron chi connectivity index (χ3n) is 6.99. The quantitative estimate of drug-likeness (QED) is 0.445. The fourth-order valence-corrected chi connectivity index (χ4v) is 4.23. The van der Waals surface area contributed by atoms with Gasteiger partial charge in [-0.2, -0.15) is 0 Å². The number of likely N-dealkylation sites (tertiary alicyclic amines) is 1. The van der Waals surface area contributed by atoms with Crippen LogP contribution in [0.5, 0.6) is 0 Å². The molecule has 1 aliphatic heterocycles. The molecule has 2 unspecified atom stereocenters. The molecule has 2 atom stereocenters. The van der Waals surface area contributed by atoms with Gasteiger partial charge < -0.3 is 20.1 Å². The van der Waals surface area contributed by atoms with Gasteiger partial charge in [0.15, 0.2) is 17.0 Å². The molecular formula is C26H37N9O2. The first-order chi connectivity index (χ1) is 17.8. The van der Waals surface area contributed by atoms with Gasteiger partial charge in [0.25, 0.3) is 0 Å². The average molecular weight is 508 g/mol. The van der Waals surface area contributed by atoms with E-state index in [0.29, 0.717) is 30.2 Å². The van der Waals surface area contributed by atoms with Crippen molar-refractivity contribution in [2.24, 2.45) is 11.8 Å². The first-order valence-corrected chi connectivity index (χ1v) is 13.1. The first kappa shape index (κ1) is 26.4. The van der Waals surface area contributed by atoms with Gasteiger partial charge in [0.05, 0.1) is 5.56 Å². The molecule has 11 heteroatoms. The second kappa shape index (κ2) is 11.6. The molecule has 2 N–H and O–H groups in total. The minimum Gasteiger partial charge on any atom is -0.364 e. The van der Waals surface area contributed by atoms with E-state index in [9.17, 15) is 9.59 Å². The van der Waals surface area contributed by atoms with Gasteiger partial charge in [-0.3, -0.25) is 9.59 Å². The number of imidazole rings is 1. The monoisotopic (exact) mass is 507 g/mol. The van der Waals surface area contributed by atoms with Crippen LogP contribution in [-0.4, -0.2) is 71.9 Å². The lowest BCUT2D eigenvalue weighted by atomic mass is 10.1. The fourth-order valence-electron chi connectivity index (χ4n) is 4.23. The standard InChI is InChI=1S/C20H24N8O.C6H13NO/c1-3-28-18(14-8-21-12(2)22-9-14)26-16-17(23-11-24-19(16)28)25-15-6-7-27(10-15)20(29)13-4-5-13;1-5(2)6(3)7-4-8/h8-9,11,13,15H,3-7,10H2,1-2H3,(H,23,24,25);4-6H,1-3H3,(H,7,8). The summed E-state index contributed by atoms with van der Waals surface area (Å²) in [5.41, 5.74) is 2.37. The van der Waals surface area contributed by atoms with Crippen LogP contribution in [0.25, 0.3) is 22.6 Å². The number of aryl methyl sites for hydroxylation is 2. The fraction of sp³-hybridized carbons (Fsp3) is 0.577. The van der Waals surface area contributed by atoms with E-state index in [1.807, 2.05) is 23.3 Å². The molecule has 0 bridgehead atoms. The molecule has 3 aromatic rings. The molecule has 11 nitrogen and oxygen atoms in total. The number of nitrogens with zero attached hydrogens (tertiary/aromatic N) is 7. The van der Waals surface area contributed by atoms with Crippen molar-refractivity contribution in [3.63, 3.8) is 0 Å². The number of nitrogens with one attached hydrogen (secondary N) is 2. The average Bonchev–Trinajstić information content (AvgIpc) is 3.52. The summed E-state index contributed by atoms with van der Waals surface area (Å²) in [4.78, 5) is 46.5. The predicted octanol–water partition coefficient (Wildman–Crippen LogP) is 2.81. The van der Waals surface area contributed by atoms with Crippen LogP contribution < -0.4 is 10.6 Å². The number of fused-ring (bicyclic) bond motifs is 1. The highest BCUT2D eigenvalue weighted by Crippen LogP contribution is 2.33. The Morgan fingerprint density at radius 2 is 1.86 bits per heavy atom. The van der Waals surface area contributed by atoms with Crippen LogP contribution in [0, 0.1) is 18.8 Å². The lowest BCUT2D eigenvalue weighted by Gasteiger charge is -2.17. The Hall–Kier alpha value is -3.63. The van der Waals surface area contributed by atoms with Crippen LogP contribution in [0.3, 0.4) is 0 Å². The van der Waals surface area contributed by atoms with Crippen molar-refractivity contribution in [3.05, 3.63) is 24.5 Å². The smallest absolute Gasteiger partial charge is 0.225 e. The number of rotatable bonds is 8. The number of anilines is 1. The molecular weight excluding hydrogens is 470 g/mol. The summed E-state index contributed by atoms with van der Waals surface area (Å²) in [7, 11) is 0. The number of carbonyl (C=O) groups is 2. The van der Waals surface area contributed by atoms with Crippen molar-refractivity contribution >= 4 is 29.3 Å². The van der Waals surface area contributed by atoms with Gasteiger partial charge in [-0.25, -0.2) is 24.9 Å². The number of carbonyl (C=O) groups excluding carboxylic acids is 2. The van der Waals surface area contributed by atoms with Crippen LogP contribution in [-0.2, 0) is 16.1 Å². The molecule has 0 radical (unpaired) electrons. The van der Waals surface area contributed by atoms with E-state index in [1.165, 1.54) is 0 Å². The zero-order valence-corrected chi connectivity index (χ0v) is 22.3. The molecule has 2 aliphatic rings. The van der Waals surface area contributed by atoms with Gasteiger partial charge in [0.1, 0.15) is 18.0 Å². The minimum atomic E-state index is 0.175. The number of hydrogen-bond acceptors (Lipinski definition) is 8. The van der Waals surface area contributed by atoms with Gasteiger partial charge in [-0.05, 0) is 46.0 Å². The summed E-state index contributed by atoms with van der Waals surface area (Å²) < 4.78 is 2.05. The van der Waals surface area contributed by atoms with E-state index in [-0.39, 0.29) is 12.0 Å². The SMILES string of the molecule is CC(C)C(C)NC=O.CCn1c(-c2cnc(C)nc2)nc2c(NC3CCN(C(=O)C4CC4)C3)ncnc21. The Kier molecular flexibility index (Phi) is 8.30. The Morgan fingerprint density at radius 3 is 2.46 bits per heavy atom. The van der Waals surface area contributed by atoms with Crippen LogP contribution in [0.4, 0.5) is 5.82 Å². The first-order valence-electron chi connectivity index (χ1n) is 13.1. The lowest BCUT2D eigenvalue weighted by molar-refractivity contribution is -0.131. The predicted molar refractivity (Wildman–Crippen MR) is 142 cm³/mol. The van der Waals surface area contributed by atoms with Gasteiger partial charge in [0, 0.05) is 50.0 Å². The Bertz CT molecular complexity index is 1220. The third kappa shape index (κ3) is 6.20. The molecule has 198 valence electrons. The third-order valence-corrected chi connectivity index (χ3v) is 6.99. The maximum atomic E-state index is 12.3. The van der Waals surface area contributed by atoms with E-state index in [0.717, 1.165) is 67.1 Å². The van der Waals surface area contributed by atoms with Crippen LogP contribution in [0.15, 0.2) is 18.7 Å². The maximum absolute atomic E-state index is 12.3. The van der Waals surface area contributed by atoms with Crippen LogP contribution >= 0.6 is 0 Å². The van der Waals surface area contributed by atoms with Crippen molar-refractivity contribution in [1.29, 1.82) is 0 Å². The summed E-state index contributed by atoms with van der Waals surface area (Å²) in [6.07, 6.45) is 8.88. The highest BCUT2D eigenvalue weighted by molar-refractivity contribution is 5.86. The molecule has 0 aromatic carbocycles. The largest absolute Gasteiger partial charge is 0.364 e.